The first-order chi connectivity index (χ1) is 11.0. The van der Waals surface area contributed by atoms with E-state index in [0.717, 1.165) is 0 Å². The molecule has 2 amide bonds. The molecule has 0 aromatic carbocycles. The van der Waals surface area contributed by atoms with Gasteiger partial charge in [-0.25, -0.2) is 4.79 Å². The molecule has 0 fully saturated rings. The summed E-state index contributed by atoms with van der Waals surface area (Å²) in [7, 11) is 1.58. The summed E-state index contributed by atoms with van der Waals surface area (Å²) in [5.74, 6) is -1.50. The molecule has 0 radical (unpaired) electrons. The molecule has 134 valence electrons. The van der Waals surface area contributed by atoms with Crippen molar-refractivity contribution in [2.24, 2.45) is 0 Å². The quantitative estimate of drug-likeness (QED) is 0.333. The Hall–Kier alpha value is -1.67. The lowest BCUT2D eigenvalue weighted by atomic mass is 10.1. The Balaban J connectivity index is 3.82. The lowest BCUT2D eigenvalue weighted by Crippen LogP contribution is -2.40. The fraction of sp³-hybridized carbons (Fsp3) is 0.800. The highest BCUT2D eigenvalue weighted by Gasteiger charge is 2.18. The average molecular weight is 332 g/mol. The van der Waals surface area contributed by atoms with Crippen LogP contribution in [0.1, 0.15) is 44.9 Å². The zero-order chi connectivity index (χ0) is 17.5. The van der Waals surface area contributed by atoms with Crippen molar-refractivity contribution in [1.82, 2.24) is 10.6 Å². The predicted octanol–water partition coefficient (Wildman–Crippen LogP) is 0.0414. The molecule has 23 heavy (non-hydrogen) atoms. The first kappa shape index (κ1) is 21.3. The Bertz CT molecular complexity index is 362. The van der Waals surface area contributed by atoms with E-state index in [1.165, 1.54) is 0 Å². The smallest absolute Gasteiger partial charge is 0.326 e. The summed E-state index contributed by atoms with van der Waals surface area (Å²) < 4.78 is 4.86. The van der Waals surface area contributed by atoms with E-state index in [9.17, 15) is 14.4 Å². The fourth-order valence-electron chi connectivity index (χ4n) is 1.93. The summed E-state index contributed by atoms with van der Waals surface area (Å²) in [5, 5.41) is 22.9. The molecule has 0 aromatic rings. The number of carbonyl (C=O) groups is 3. The summed E-state index contributed by atoms with van der Waals surface area (Å²) in [4.78, 5) is 34.0. The Labute approximate surface area is 136 Å². The number of unbranched alkanes of at least 4 members (excludes halogenated alkanes) is 1. The Morgan fingerprint density at radius 2 is 1.74 bits per heavy atom. The zero-order valence-corrected chi connectivity index (χ0v) is 13.7. The number of nitrogens with one attached hydrogen (secondary N) is 2. The van der Waals surface area contributed by atoms with Crippen LogP contribution in [0.15, 0.2) is 0 Å². The van der Waals surface area contributed by atoms with Crippen molar-refractivity contribution in [2.75, 3.05) is 26.9 Å². The number of methoxy groups -OCH3 is 1. The predicted molar refractivity (Wildman–Crippen MR) is 83.9 cm³/mol. The van der Waals surface area contributed by atoms with Crippen molar-refractivity contribution < 1.29 is 29.3 Å². The molecule has 0 heterocycles. The Kier molecular flexibility index (Phi) is 12.9. The van der Waals surface area contributed by atoms with Gasteiger partial charge in [0, 0.05) is 39.7 Å². The van der Waals surface area contributed by atoms with Crippen LogP contribution in [0.5, 0.6) is 0 Å². The maximum absolute atomic E-state index is 11.5. The molecule has 4 N–H and O–H groups in total. The number of ether oxygens (including phenoxy) is 1. The number of carboxylic acids is 1. The van der Waals surface area contributed by atoms with Crippen LogP contribution in [0.25, 0.3) is 0 Å². The number of aliphatic hydroxyl groups excluding tert-OH is 1. The van der Waals surface area contributed by atoms with Gasteiger partial charge >= 0.3 is 5.97 Å². The second-order valence-electron chi connectivity index (χ2n) is 5.23. The van der Waals surface area contributed by atoms with Gasteiger partial charge in [0.05, 0.1) is 0 Å². The van der Waals surface area contributed by atoms with E-state index < -0.39 is 12.0 Å². The van der Waals surface area contributed by atoms with Crippen molar-refractivity contribution in [3.8, 4) is 0 Å². The van der Waals surface area contributed by atoms with Gasteiger partial charge in [-0.15, -0.1) is 0 Å². The molecular formula is C15H28N2O6. The number of aliphatic hydroxyl groups is 1. The lowest BCUT2D eigenvalue weighted by molar-refractivity contribution is -0.142. The molecule has 0 saturated heterocycles. The number of aliphatic carboxylic acids is 1. The normalized spacial score (nSPS) is 11.7. The maximum atomic E-state index is 11.5. The molecular weight excluding hydrogens is 304 g/mol. The fourth-order valence-corrected chi connectivity index (χ4v) is 1.93. The van der Waals surface area contributed by atoms with Crippen molar-refractivity contribution in [3.63, 3.8) is 0 Å². The number of rotatable bonds is 14. The summed E-state index contributed by atoms with van der Waals surface area (Å²) >= 11 is 0. The van der Waals surface area contributed by atoms with Crippen LogP contribution in [0.4, 0.5) is 0 Å². The first-order valence-electron chi connectivity index (χ1n) is 7.90. The van der Waals surface area contributed by atoms with Gasteiger partial charge in [0.15, 0.2) is 0 Å². The minimum absolute atomic E-state index is 0.0471. The van der Waals surface area contributed by atoms with Gasteiger partial charge in [0.25, 0.3) is 0 Å². The van der Waals surface area contributed by atoms with Gasteiger partial charge in [0.2, 0.25) is 11.8 Å². The van der Waals surface area contributed by atoms with Gasteiger partial charge in [-0.05, 0) is 32.1 Å². The molecule has 1 atom stereocenters. The molecule has 1 unspecified atom stereocenters. The molecule has 0 spiro atoms. The van der Waals surface area contributed by atoms with Crippen LogP contribution < -0.4 is 10.6 Å². The lowest BCUT2D eigenvalue weighted by Gasteiger charge is -2.14. The Morgan fingerprint density at radius 3 is 2.35 bits per heavy atom. The highest BCUT2D eigenvalue weighted by Crippen LogP contribution is 2.02. The summed E-state index contributed by atoms with van der Waals surface area (Å²) in [6.45, 7) is 0.926. The molecule has 0 aliphatic carbocycles. The standard InChI is InChI=1S/C15H28N2O6/c1-23-11-5-8-13(19)16-9-3-2-6-12(15(21)22)17-14(20)7-4-10-18/h12,18H,2-11H2,1H3,(H,16,19)(H,17,20)(H,21,22). The van der Waals surface area contributed by atoms with E-state index in [1.807, 2.05) is 0 Å². The van der Waals surface area contributed by atoms with E-state index >= 15 is 0 Å². The van der Waals surface area contributed by atoms with Gasteiger partial charge in [0.1, 0.15) is 6.04 Å². The number of carboxylic acid groups (broad SMARTS) is 1. The van der Waals surface area contributed by atoms with Crippen LogP contribution in [-0.4, -0.2) is 60.9 Å². The van der Waals surface area contributed by atoms with Crippen LogP contribution >= 0.6 is 0 Å². The highest BCUT2D eigenvalue weighted by molar-refractivity contribution is 5.83. The topological polar surface area (TPSA) is 125 Å². The van der Waals surface area contributed by atoms with Crippen molar-refractivity contribution in [2.45, 2.75) is 51.0 Å². The summed E-state index contributed by atoms with van der Waals surface area (Å²) in [6, 6.07) is -0.932. The van der Waals surface area contributed by atoms with Crippen molar-refractivity contribution in [3.05, 3.63) is 0 Å². The second kappa shape index (κ2) is 14.0. The summed E-state index contributed by atoms with van der Waals surface area (Å²) in [6.07, 6.45) is 3.03. The third-order valence-electron chi connectivity index (χ3n) is 3.19. The van der Waals surface area contributed by atoms with Crippen LogP contribution in [0.2, 0.25) is 0 Å². The maximum Gasteiger partial charge on any atom is 0.326 e. The number of hydrogen-bond donors (Lipinski definition) is 4. The van der Waals surface area contributed by atoms with Gasteiger partial charge in [-0.1, -0.05) is 0 Å². The molecule has 0 aromatic heterocycles. The molecule has 0 rings (SSSR count). The van der Waals surface area contributed by atoms with Gasteiger partial charge in [-0.3, -0.25) is 9.59 Å². The second-order valence-corrected chi connectivity index (χ2v) is 5.23. The van der Waals surface area contributed by atoms with Crippen molar-refractivity contribution in [1.29, 1.82) is 0 Å². The largest absolute Gasteiger partial charge is 0.480 e. The molecule has 0 bridgehead atoms. The number of hydrogen-bond acceptors (Lipinski definition) is 5. The minimum Gasteiger partial charge on any atom is -0.480 e. The van der Waals surface area contributed by atoms with Crippen LogP contribution in [0, 0.1) is 0 Å². The van der Waals surface area contributed by atoms with E-state index in [-0.39, 0.29) is 24.8 Å². The minimum atomic E-state index is -1.08. The zero-order valence-electron chi connectivity index (χ0n) is 13.7. The SMILES string of the molecule is COCCCC(=O)NCCCCC(NC(=O)CCCO)C(=O)O. The summed E-state index contributed by atoms with van der Waals surface area (Å²) in [5.41, 5.74) is 0. The third-order valence-corrected chi connectivity index (χ3v) is 3.19. The van der Waals surface area contributed by atoms with E-state index in [1.54, 1.807) is 7.11 Å². The molecule has 8 heteroatoms. The number of amides is 2. The molecule has 0 saturated carbocycles. The molecule has 8 nitrogen and oxygen atoms in total. The van der Waals surface area contributed by atoms with Gasteiger partial charge in [-0.2, -0.15) is 0 Å². The highest BCUT2D eigenvalue weighted by atomic mass is 16.5. The monoisotopic (exact) mass is 332 g/mol. The number of carbonyl (C=O) groups excluding carboxylic acids is 2. The van der Waals surface area contributed by atoms with E-state index in [4.69, 9.17) is 14.9 Å². The van der Waals surface area contributed by atoms with Crippen LogP contribution in [-0.2, 0) is 19.1 Å². The van der Waals surface area contributed by atoms with E-state index in [0.29, 0.717) is 51.7 Å². The average Bonchev–Trinajstić information content (AvgIpc) is 2.51. The Morgan fingerprint density at radius 1 is 1.04 bits per heavy atom. The van der Waals surface area contributed by atoms with Gasteiger partial charge < -0.3 is 25.6 Å². The molecule has 0 aliphatic rings. The first-order valence-corrected chi connectivity index (χ1v) is 7.90. The van der Waals surface area contributed by atoms with E-state index in [2.05, 4.69) is 10.6 Å². The van der Waals surface area contributed by atoms with Crippen molar-refractivity contribution >= 4 is 17.8 Å². The van der Waals surface area contributed by atoms with Crippen LogP contribution in [0.3, 0.4) is 0 Å². The third kappa shape index (κ3) is 12.5. The molecule has 0 aliphatic heterocycles.